The number of esters is 1. The first-order valence-corrected chi connectivity index (χ1v) is 8.87. The van der Waals surface area contributed by atoms with Crippen molar-refractivity contribution >= 4 is 22.7 Å². The van der Waals surface area contributed by atoms with Crippen LogP contribution in [0.15, 0.2) is 54.6 Å². The van der Waals surface area contributed by atoms with Crippen molar-refractivity contribution < 1.29 is 14.3 Å². The Morgan fingerprint density at radius 2 is 1.69 bits per heavy atom. The van der Waals surface area contributed by atoms with Crippen molar-refractivity contribution in [2.45, 2.75) is 33.2 Å². The summed E-state index contributed by atoms with van der Waals surface area (Å²) in [7, 11) is 0. The molecule has 0 spiro atoms. The molecular weight excluding hydrogens is 326 g/mol. The molecule has 0 radical (unpaired) electrons. The third kappa shape index (κ3) is 3.27. The monoisotopic (exact) mass is 349 g/mol. The topological polar surface area (TPSA) is 48.3 Å². The predicted octanol–water partition coefficient (Wildman–Crippen LogP) is 4.69. The van der Waals surface area contributed by atoms with Gasteiger partial charge in [-0.15, -0.1) is 0 Å². The molecule has 4 nitrogen and oxygen atoms in total. The number of para-hydroxylation sites is 1. The van der Waals surface area contributed by atoms with Gasteiger partial charge in [-0.25, -0.2) is 0 Å². The summed E-state index contributed by atoms with van der Waals surface area (Å²) in [6, 6.07) is 17.2. The number of benzene rings is 2. The van der Waals surface area contributed by atoms with Gasteiger partial charge in [-0.2, -0.15) is 0 Å². The second kappa shape index (κ2) is 7.56. The van der Waals surface area contributed by atoms with Crippen LogP contribution in [0, 0.1) is 6.92 Å². The minimum Gasteiger partial charge on any atom is -0.464 e. The Kier molecular flexibility index (Phi) is 5.21. The molecule has 3 rings (SSSR count). The quantitative estimate of drug-likeness (QED) is 0.479. The second-order valence-electron chi connectivity index (χ2n) is 6.41. The van der Waals surface area contributed by atoms with Crippen molar-refractivity contribution in [1.82, 2.24) is 4.57 Å². The normalized spacial score (nSPS) is 12.1. The van der Waals surface area contributed by atoms with Crippen LogP contribution in [0.1, 0.15) is 47.9 Å². The van der Waals surface area contributed by atoms with Crippen LogP contribution in [-0.4, -0.2) is 22.9 Å². The number of carbonyl (C=O) groups is 2. The molecule has 0 saturated heterocycles. The summed E-state index contributed by atoms with van der Waals surface area (Å²) in [6.45, 7) is 5.73. The first kappa shape index (κ1) is 17.9. The maximum Gasteiger partial charge on any atom is 0.302 e. The van der Waals surface area contributed by atoms with Gasteiger partial charge in [0.05, 0.1) is 11.6 Å². The minimum atomic E-state index is -0.293. The first-order chi connectivity index (χ1) is 12.5. The SMILES string of the molecule is CCC(COC(C)=O)n1c(C)c(C(=O)c2ccccc2)c2ccccc21. The third-order valence-electron chi connectivity index (χ3n) is 4.73. The highest BCUT2D eigenvalue weighted by Crippen LogP contribution is 2.32. The number of hydrogen-bond donors (Lipinski definition) is 0. The van der Waals surface area contributed by atoms with Gasteiger partial charge in [0.1, 0.15) is 6.61 Å². The van der Waals surface area contributed by atoms with Crippen LogP contribution in [0.3, 0.4) is 0 Å². The van der Waals surface area contributed by atoms with E-state index in [0.717, 1.165) is 23.0 Å². The van der Waals surface area contributed by atoms with Crippen molar-refractivity contribution in [3.05, 3.63) is 71.4 Å². The average Bonchev–Trinajstić information content (AvgIpc) is 2.94. The number of fused-ring (bicyclic) bond motifs is 1. The highest BCUT2D eigenvalue weighted by Gasteiger charge is 2.24. The number of nitrogens with zero attached hydrogens (tertiary/aromatic N) is 1. The van der Waals surface area contributed by atoms with Crippen molar-refractivity contribution in [2.24, 2.45) is 0 Å². The van der Waals surface area contributed by atoms with Crippen LogP contribution in [-0.2, 0) is 9.53 Å². The molecule has 3 aromatic rings. The molecule has 0 N–H and O–H groups in total. The maximum absolute atomic E-state index is 13.2. The second-order valence-corrected chi connectivity index (χ2v) is 6.41. The van der Waals surface area contributed by atoms with Gasteiger partial charge in [-0.1, -0.05) is 55.5 Å². The van der Waals surface area contributed by atoms with E-state index in [4.69, 9.17) is 4.74 Å². The molecule has 2 aromatic carbocycles. The highest BCUT2D eigenvalue weighted by atomic mass is 16.5. The standard InChI is InChI=1S/C22H23NO3/c1-4-18(14-26-16(3)24)23-15(2)21(19-12-8-9-13-20(19)23)22(25)17-10-6-5-7-11-17/h5-13,18H,4,14H2,1-3H3. The molecule has 1 heterocycles. The van der Waals surface area contributed by atoms with E-state index in [1.54, 1.807) is 0 Å². The van der Waals surface area contributed by atoms with Crippen LogP contribution in [0.25, 0.3) is 10.9 Å². The van der Waals surface area contributed by atoms with E-state index in [2.05, 4.69) is 11.5 Å². The van der Waals surface area contributed by atoms with E-state index in [0.29, 0.717) is 17.7 Å². The van der Waals surface area contributed by atoms with Gasteiger partial charge in [0, 0.05) is 29.1 Å². The summed E-state index contributed by atoms with van der Waals surface area (Å²) in [5.74, 6) is -0.279. The lowest BCUT2D eigenvalue weighted by Gasteiger charge is -2.20. The van der Waals surface area contributed by atoms with Gasteiger partial charge >= 0.3 is 5.97 Å². The minimum absolute atomic E-state index is 0.0128. The molecule has 0 fully saturated rings. The zero-order valence-corrected chi connectivity index (χ0v) is 15.4. The fourth-order valence-corrected chi connectivity index (χ4v) is 3.47. The lowest BCUT2D eigenvalue weighted by Crippen LogP contribution is -2.18. The summed E-state index contributed by atoms with van der Waals surface area (Å²) in [5.41, 5.74) is 3.28. The number of hydrogen-bond acceptors (Lipinski definition) is 3. The maximum atomic E-state index is 13.2. The molecule has 0 amide bonds. The summed E-state index contributed by atoms with van der Waals surface area (Å²) in [5, 5.41) is 0.931. The zero-order valence-electron chi connectivity index (χ0n) is 15.4. The smallest absolute Gasteiger partial charge is 0.302 e. The summed E-state index contributed by atoms with van der Waals surface area (Å²) in [6.07, 6.45) is 0.797. The van der Waals surface area contributed by atoms with E-state index in [1.165, 1.54) is 6.92 Å². The van der Waals surface area contributed by atoms with Gasteiger partial charge in [0.2, 0.25) is 0 Å². The summed E-state index contributed by atoms with van der Waals surface area (Å²) in [4.78, 5) is 24.4. The Hall–Kier alpha value is -2.88. The van der Waals surface area contributed by atoms with E-state index < -0.39 is 0 Å². The Balaban J connectivity index is 2.15. The van der Waals surface area contributed by atoms with E-state index >= 15 is 0 Å². The lowest BCUT2D eigenvalue weighted by atomic mass is 10.0. The van der Waals surface area contributed by atoms with Crippen molar-refractivity contribution in [3.63, 3.8) is 0 Å². The number of ether oxygens (including phenoxy) is 1. The fourth-order valence-electron chi connectivity index (χ4n) is 3.47. The van der Waals surface area contributed by atoms with Gasteiger partial charge in [0.15, 0.2) is 5.78 Å². The predicted molar refractivity (Wildman–Crippen MR) is 103 cm³/mol. The molecule has 0 aliphatic carbocycles. The molecule has 4 heteroatoms. The average molecular weight is 349 g/mol. The molecular formula is C22H23NO3. The first-order valence-electron chi connectivity index (χ1n) is 8.87. The summed E-state index contributed by atoms with van der Waals surface area (Å²) >= 11 is 0. The van der Waals surface area contributed by atoms with E-state index in [1.807, 2.05) is 61.5 Å². The van der Waals surface area contributed by atoms with Crippen LogP contribution in [0.4, 0.5) is 0 Å². The Labute approximate surface area is 153 Å². The van der Waals surface area contributed by atoms with Crippen LogP contribution in [0.2, 0.25) is 0 Å². The Morgan fingerprint density at radius 1 is 1.04 bits per heavy atom. The largest absolute Gasteiger partial charge is 0.464 e. The molecule has 1 aromatic heterocycles. The summed E-state index contributed by atoms with van der Waals surface area (Å²) < 4.78 is 7.40. The molecule has 0 aliphatic rings. The van der Waals surface area contributed by atoms with Crippen molar-refractivity contribution in [1.29, 1.82) is 0 Å². The van der Waals surface area contributed by atoms with E-state index in [-0.39, 0.29) is 17.8 Å². The Bertz CT molecular complexity index is 941. The van der Waals surface area contributed by atoms with Gasteiger partial charge in [-0.3, -0.25) is 9.59 Å². The molecule has 0 saturated carbocycles. The van der Waals surface area contributed by atoms with E-state index in [9.17, 15) is 9.59 Å². The van der Waals surface area contributed by atoms with Crippen molar-refractivity contribution in [3.8, 4) is 0 Å². The van der Waals surface area contributed by atoms with Gasteiger partial charge in [-0.05, 0) is 19.4 Å². The third-order valence-corrected chi connectivity index (χ3v) is 4.73. The molecule has 1 unspecified atom stereocenters. The van der Waals surface area contributed by atoms with Crippen LogP contribution in [0.5, 0.6) is 0 Å². The number of aromatic nitrogens is 1. The molecule has 0 bridgehead atoms. The number of rotatable bonds is 6. The lowest BCUT2D eigenvalue weighted by molar-refractivity contribution is -0.142. The number of carbonyl (C=O) groups excluding carboxylic acids is 2. The zero-order chi connectivity index (χ0) is 18.7. The molecule has 26 heavy (non-hydrogen) atoms. The van der Waals surface area contributed by atoms with Gasteiger partial charge < -0.3 is 9.30 Å². The molecule has 1 atom stereocenters. The fraction of sp³-hybridized carbons (Fsp3) is 0.273. The molecule has 0 aliphatic heterocycles. The highest BCUT2D eigenvalue weighted by molar-refractivity contribution is 6.17. The van der Waals surface area contributed by atoms with Crippen molar-refractivity contribution in [2.75, 3.05) is 6.61 Å². The van der Waals surface area contributed by atoms with Crippen LogP contribution >= 0.6 is 0 Å². The Morgan fingerprint density at radius 3 is 2.35 bits per heavy atom. The molecule has 134 valence electrons. The van der Waals surface area contributed by atoms with Crippen LogP contribution < -0.4 is 0 Å². The number of ketones is 1. The van der Waals surface area contributed by atoms with Gasteiger partial charge in [0.25, 0.3) is 0 Å².